The molecule has 112 valence electrons. The summed E-state index contributed by atoms with van der Waals surface area (Å²) in [6.07, 6.45) is 7.72. The Morgan fingerprint density at radius 3 is 2.76 bits per heavy atom. The molecular formula is C18H23NO2. The number of benzene rings is 1. The molecule has 3 rings (SSSR count). The van der Waals surface area contributed by atoms with Gasteiger partial charge in [0.25, 0.3) is 0 Å². The van der Waals surface area contributed by atoms with E-state index in [1.54, 1.807) is 0 Å². The maximum Gasteiger partial charge on any atom is 0.310 e. The van der Waals surface area contributed by atoms with Gasteiger partial charge < -0.3 is 4.74 Å². The summed E-state index contributed by atoms with van der Waals surface area (Å²) in [5.74, 6) is 0.194. The lowest BCUT2D eigenvalue weighted by Gasteiger charge is -2.40. The molecular weight excluding hydrogens is 262 g/mol. The predicted molar refractivity (Wildman–Crippen MR) is 83.7 cm³/mol. The van der Waals surface area contributed by atoms with Gasteiger partial charge in [-0.25, -0.2) is 0 Å². The first-order valence-corrected chi connectivity index (χ1v) is 7.73. The van der Waals surface area contributed by atoms with Gasteiger partial charge in [-0.2, -0.15) is 0 Å². The SMILES string of the molecule is COC(=O)C1C(/C=C/c2ccccc2)CC2CCC1N2C. The second-order valence-electron chi connectivity index (χ2n) is 6.18. The summed E-state index contributed by atoms with van der Waals surface area (Å²) in [5.41, 5.74) is 1.19. The van der Waals surface area contributed by atoms with Gasteiger partial charge in [-0.3, -0.25) is 9.69 Å². The molecule has 4 atom stereocenters. The van der Waals surface area contributed by atoms with E-state index in [0.717, 1.165) is 12.8 Å². The Morgan fingerprint density at radius 1 is 1.29 bits per heavy atom. The Balaban J connectivity index is 1.82. The van der Waals surface area contributed by atoms with Gasteiger partial charge in [-0.1, -0.05) is 42.5 Å². The molecule has 0 amide bonds. The monoisotopic (exact) mass is 285 g/mol. The molecule has 2 aliphatic rings. The van der Waals surface area contributed by atoms with E-state index >= 15 is 0 Å². The van der Waals surface area contributed by atoms with Crippen molar-refractivity contribution in [3.8, 4) is 0 Å². The molecule has 3 heteroatoms. The molecule has 21 heavy (non-hydrogen) atoms. The zero-order valence-corrected chi connectivity index (χ0v) is 12.7. The average Bonchev–Trinajstić information content (AvgIpc) is 2.76. The number of allylic oxidation sites excluding steroid dienone is 1. The van der Waals surface area contributed by atoms with Crippen LogP contribution in [0.15, 0.2) is 36.4 Å². The molecule has 2 fully saturated rings. The first kappa shape index (κ1) is 14.3. The summed E-state index contributed by atoms with van der Waals surface area (Å²) in [4.78, 5) is 14.6. The van der Waals surface area contributed by atoms with Crippen LogP contribution in [0.25, 0.3) is 6.08 Å². The van der Waals surface area contributed by atoms with Crippen LogP contribution in [0, 0.1) is 11.8 Å². The van der Waals surface area contributed by atoms with E-state index < -0.39 is 0 Å². The number of carbonyl (C=O) groups excluding carboxylic acids is 1. The predicted octanol–water partition coefficient (Wildman–Crippen LogP) is 2.97. The zero-order valence-electron chi connectivity index (χ0n) is 12.7. The zero-order chi connectivity index (χ0) is 14.8. The van der Waals surface area contributed by atoms with Gasteiger partial charge in [0.15, 0.2) is 0 Å². The molecule has 1 aromatic rings. The van der Waals surface area contributed by atoms with Crippen molar-refractivity contribution in [1.29, 1.82) is 0 Å². The first-order valence-electron chi connectivity index (χ1n) is 7.73. The van der Waals surface area contributed by atoms with E-state index in [1.807, 2.05) is 18.2 Å². The van der Waals surface area contributed by atoms with Crippen LogP contribution in [0.3, 0.4) is 0 Å². The van der Waals surface area contributed by atoms with Crippen LogP contribution in [-0.4, -0.2) is 37.1 Å². The lowest BCUT2D eigenvalue weighted by atomic mass is 9.79. The van der Waals surface area contributed by atoms with Crippen LogP contribution in [0.4, 0.5) is 0 Å². The van der Waals surface area contributed by atoms with Crippen LogP contribution in [0.5, 0.6) is 0 Å². The number of carbonyl (C=O) groups is 1. The van der Waals surface area contributed by atoms with Gasteiger partial charge in [0, 0.05) is 12.1 Å². The lowest BCUT2D eigenvalue weighted by molar-refractivity contribution is -0.151. The number of nitrogens with zero attached hydrogens (tertiary/aromatic N) is 1. The summed E-state index contributed by atoms with van der Waals surface area (Å²) < 4.78 is 5.07. The number of ether oxygens (including phenoxy) is 1. The number of hydrogen-bond acceptors (Lipinski definition) is 3. The van der Waals surface area contributed by atoms with Gasteiger partial charge in [0.05, 0.1) is 13.0 Å². The van der Waals surface area contributed by atoms with Crippen LogP contribution in [0.2, 0.25) is 0 Å². The minimum absolute atomic E-state index is 0.0290. The number of fused-ring (bicyclic) bond motifs is 2. The van der Waals surface area contributed by atoms with Crippen molar-refractivity contribution in [3.05, 3.63) is 42.0 Å². The third kappa shape index (κ3) is 2.75. The third-order valence-electron chi connectivity index (χ3n) is 5.12. The molecule has 0 saturated carbocycles. The molecule has 0 aliphatic carbocycles. The van der Waals surface area contributed by atoms with Crippen molar-refractivity contribution in [2.45, 2.75) is 31.3 Å². The highest BCUT2D eigenvalue weighted by Crippen LogP contribution is 2.42. The number of methoxy groups -OCH3 is 1. The Labute approximate surface area is 126 Å². The normalized spacial score (nSPS) is 32.5. The Morgan fingerprint density at radius 2 is 2.05 bits per heavy atom. The van der Waals surface area contributed by atoms with Crippen LogP contribution in [-0.2, 0) is 9.53 Å². The highest BCUT2D eigenvalue weighted by atomic mass is 16.5. The van der Waals surface area contributed by atoms with E-state index in [0.29, 0.717) is 12.1 Å². The fourth-order valence-electron chi connectivity index (χ4n) is 3.97. The quantitative estimate of drug-likeness (QED) is 0.800. The third-order valence-corrected chi connectivity index (χ3v) is 5.12. The molecule has 2 heterocycles. The number of piperidine rings is 1. The van der Waals surface area contributed by atoms with Crippen molar-refractivity contribution in [2.24, 2.45) is 11.8 Å². The molecule has 4 unspecified atom stereocenters. The Kier molecular flexibility index (Phi) is 4.11. The van der Waals surface area contributed by atoms with Crippen molar-refractivity contribution >= 4 is 12.0 Å². The van der Waals surface area contributed by atoms with Crippen molar-refractivity contribution in [2.75, 3.05) is 14.2 Å². The number of hydrogen-bond donors (Lipinski definition) is 0. The summed E-state index contributed by atoms with van der Waals surface area (Å²) >= 11 is 0. The largest absolute Gasteiger partial charge is 0.469 e. The maximum atomic E-state index is 12.2. The average molecular weight is 285 g/mol. The number of rotatable bonds is 3. The molecule has 2 aliphatic heterocycles. The van der Waals surface area contributed by atoms with Crippen molar-refractivity contribution in [3.63, 3.8) is 0 Å². The second-order valence-corrected chi connectivity index (χ2v) is 6.18. The smallest absolute Gasteiger partial charge is 0.310 e. The second kappa shape index (κ2) is 6.02. The summed E-state index contributed by atoms with van der Waals surface area (Å²) in [5, 5.41) is 0. The van der Waals surface area contributed by atoms with Crippen LogP contribution < -0.4 is 0 Å². The summed E-state index contributed by atoms with van der Waals surface area (Å²) in [7, 11) is 3.65. The van der Waals surface area contributed by atoms with Crippen molar-refractivity contribution < 1.29 is 9.53 Å². The van der Waals surface area contributed by atoms with Gasteiger partial charge >= 0.3 is 5.97 Å². The fourth-order valence-corrected chi connectivity index (χ4v) is 3.97. The topological polar surface area (TPSA) is 29.5 Å². The Hall–Kier alpha value is -1.61. The highest BCUT2D eigenvalue weighted by Gasteiger charge is 2.48. The lowest BCUT2D eigenvalue weighted by Crippen LogP contribution is -2.49. The van der Waals surface area contributed by atoms with E-state index in [1.165, 1.54) is 19.1 Å². The highest BCUT2D eigenvalue weighted by molar-refractivity contribution is 5.74. The van der Waals surface area contributed by atoms with E-state index in [4.69, 9.17) is 4.74 Å². The molecule has 0 radical (unpaired) electrons. The van der Waals surface area contributed by atoms with Gasteiger partial charge in [0.2, 0.25) is 0 Å². The van der Waals surface area contributed by atoms with E-state index in [2.05, 4.69) is 36.2 Å². The summed E-state index contributed by atoms with van der Waals surface area (Å²) in [6.45, 7) is 0. The fraction of sp³-hybridized carbons (Fsp3) is 0.500. The molecule has 2 saturated heterocycles. The molecule has 0 aromatic heterocycles. The molecule has 0 N–H and O–H groups in total. The molecule has 1 aromatic carbocycles. The summed E-state index contributed by atoms with van der Waals surface area (Å²) in [6, 6.07) is 11.2. The molecule has 3 nitrogen and oxygen atoms in total. The maximum absolute atomic E-state index is 12.2. The standard InChI is InChI=1S/C18H23NO2/c1-19-15-10-11-16(19)17(18(20)21-2)14(12-15)9-8-13-6-4-3-5-7-13/h3-9,14-17H,10-12H2,1-2H3/b9-8+. The Bertz CT molecular complexity index is 525. The first-order chi connectivity index (χ1) is 10.2. The minimum Gasteiger partial charge on any atom is -0.469 e. The van der Waals surface area contributed by atoms with E-state index in [9.17, 15) is 4.79 Å². The number of esters is 1. The molecule has 0 spiro atoms. The van der Waals surface area contributed by atoms with Crippen molar-refractivity contribution in [1.82, 2.24) is 4.90 Å². The van der Waals surface area contributed by atoms with Gasteiger partial charge in [-0.05, 0) is 37.8 Å². The van der Waals surface area contributed by atoms with E-state index in [-0.39, 0.29) is 17.8 Å². The van der Waals surface area contributed by atoms with Crippen LogP contribution >= 0.6 is 0 Å². The van der Waals surface area contributed by atoms with Gasteiger partial charge in [0.1, 0.15) is 0 Å². The van der Waals surface area contributed by atoms with Gasteiger partial charge in [-0.15, -0.1) is 0 Å². The minimum atomic E-state index is -0.0603. The van der Waals surface area contributed by atoms with Crippen LogP contribution in [0.1, 0.15) is 24.8 Å². The molecule has 2 bridgehead atoms.